The van der Waals surface area contributed by atoms with Crippen LogP contribution in [0.25, 0.3) is 0 Å². The standard InChI is InChI=1S/C13H22N2O/c1-3-16-13-8-5-4-7-12(13)11-15(2)10-6-9-14/h4-5,7-8H,3,6,9-11,14H2,1-2H3. The Bertz CT molecular complexity index is 302. The van der Waals surface area contributed by atoms with Crippen LogP contribution in [-0.2, 0) is 6.54 Å². The van der Waals surface area contributed by atoms with Gasteiger partial charge in [-0.25, -0.2) is 0 Å². The van der Waals surface area contributed by atoms with E-state index in [9.17, 15) is 0 Å². The molecule has 0 atom stereocenters. The fourth-order valence-corrected chi connectivity index (χ4v) is 1.66. The molecule has 0 radical (unpaired) electrons. The molecule has 0 unspecified atom stereocenters. The van der Waals surface area contributed by atoms with Gasteiger partial charge >= 0.3 is 0 Å². The summed E-state index contributed by atoms with van der Waals surface area (Å²) in [5, 5.41) is 0. The number of hydrogen-bond donors (Lipinski definition) is 1. The lowest BCUT2D eigenvalue weighted by Crippen LogP contribution is -2.21. The van der Waals surface area contributed by atoms with Crippen LogP contribution >= 0.6 is 0 Å². The topological polar surface area (TPSA) is 38.5 Å². The van der Waals surface area contributed by atoms with E-state index in [1.165, 1.54) is 5.56 Å². The maximum atomic E-state index is 5.59. The summed E-state index contributed by atoms with van der Waals surface area (Å²) in [4.78, 5) is 2.27. The molecule has 3 nitrogen and oxygen atoms in total. The molecule has 3 heteroatoms. The number of nitrogens with zero attached hydrogens (tertiary/aromatic N) is 1. The number of benzene rings is 1. The third kappa shape index (κ3) is 4.21. The highest BCUT2D eigenvalue weighted by Crippen LogP contribution is 2.19. The summed E-state index contributed by atoms with van der Waals surface area (Å²) >= 11 is 0. The van der Waals surface area contributed by atoms with E-state index in [1.807, 2.05) is 19.1 Å². The predicted molar refractivity (Wildman–Crippen MR) is 67.6 cm³/mol. The lowest BCUT2D eigenvalue weighted by molar-refractivity contribution is 0.301. The zero-order chi connectivity index (χ0) is 11.8. The Morgan fingerprint density at radius 3 is 2.75 bits per heavy atom. The number of nitrogens with two attached hydrogens (primary N) is 1. The van der Waals surface area contributed by atoms with Crippen molar-refractivity contribution < 1.29 is 4.74 Å². The molecule has 0 saturated carbocycles. The Balaban J connectivity index is 2.57. The monoisotopic (exact) mass is 222 g/mol. The molecule has 16 heavy (non-hydrogen) atoms. The largest absolute Gasteiger partial charge is 0.494 e. The first kappa shape index (κ1) is 13.0. The van der Waals surface area contributed by atoms with Gasteiger partial charge in [0.1, 0.15) is 5.75 Å². The highest BCUT2D eigenvalue weighted by molar-refractivity contribution is 5.33. The molecule has 0 fully saturated rings. The van der Waals surface area contributed by atoms with Gasteiger partial charge in [0.15, 0.2) is 0 Å². The fraction of sp³-hybridized carbons (Fsp3) is 0.538. The van der Waals surface area contributed by atoms with Crippen LogP contribution in [0.3, 0.4) is 0 Å². The van der Waals surface area contributed by atoms with Crippen LogP contribution < -0.4 is 10.5 Å². The summed E-state index contributed by atoms with van der Waals surface area (Å²) in [6.45, 7) is 5.41. The van der Waals surface area contributed by atoms with Crippen LogP contribution in [0.15, 0.2) is 24.3 Å². The van der Waals surface area contributed by atoms with Gasteiger partial charge in [-0.15, -0.1) is 0 Å². The average Bonchev–Trinajstić information content (AvgIpc) is 2.29. The van der Waals surface area contributed by atoms with Crippen molar-refractivity contribution in [3.05, 3.63) is 29.8 Å². The maximum absolute atomic E-state index is 5.59. The lowest BCUT2D eigenvalue weighted by atomic mass is 10.2. The van der Waals surface area contributed by atoms with Crippen LogP contribution in [0.2, 0.25) is 0 Å². The first-order valence-corrected chi connectivity index (χ1v) is 5.87. The molecule has 0 aliphatic carbocycles. The molecule has 0 saturated heterocycles. The van der Waals surface area contributed by atoms with E-state index in [4.69, 9.17) is 10.5 Å². The van der Waals surface area contributed by atoms with Gasteiger partial charge in [0.25, 0.3) is 0 Å². The minimum absolute atomic E-state index is 0.712. The first-order valence-electron chi connectivity index (χ1n) is 5.87. The maximum Gasteiger partial charge on any atom is 0.123 e. The van der Waals surface area contributed by atoms with Crippen molar-refractivity contribution in [3.8, 4) is 5.75 Å². The smallest absolute Gasteiger partial charge is 0.123 e. The number of hydrogen-bond acceptors (Lipinski definition) is 3. The quantitative estimate of drug-likeness (QED) is 0.765. The van der Waals surface area contributed by atoms with E-state index in [0.29, 0.717) is 6.61 Å². The Morgan fingerprint density at radius 1 is 1.31 bits per heavy atom. The van der Waals surface area contributed by atoms with Crippen molar-refractivity contribution in [1.29, 1.82) is 0 Å². The van der Waals surface area contributed by atoms with E-state index >= 15 is 0 Å². The summed E-state index contributed by atoms with van der Waals surface area (Å²) in [6, 6.07) is 8.20. The minimum atomic E-state index is 0.712. The first-order chi connectivity index (χ1) is 7.77. The Labute approximate surface area is 98.2 Å². The number of ether oxygens (including phenoxy) is 1. The Hall–Kier alpha value is -1.06. The molecule has 0 spiro atoms. The van der Waals surface area contributed by atoms with E-state index in [-0.39, 0.29) is 0 Å². The van der Waals surface area contributed by atoms with Gasteiger partial charge < -0.3 is 15.4 Å². The van der Waals surface area contributed by atoms with Gasteiger partial charge in [-0.1, -0.05) is 18.2 Å². The molecular formula is C13H22N2O. The fourth-order valence-electron chi connectivity index (χ4n) is 1.66. The van der Waals surface area contributed by atoms with Crippen molar-refractivity contribution in [2.75, 3.05) is 26.7 Å². The van der Waals surface area contributed by atoms with Gasteiger partial charge in [0, 0.05) is 12.1 Å². The number of rotatable bonds is 7. The summed E-state index contributed by atoms with van der Waals surface area (Å²) in [7, 11) is 2.11. The van der Waals surface area contributed by atoms with Crippen molar-refractivity contribution in [2.24, 2.45) is 5.73 Å². The van der Waals surface area contributed by atoms with Crippen molar-refractivity contribution in [1.82, 2.24) is 4.90 Å². The Morgan fingerprint density at radius 2 is 2.06 bits per heavy atom. The summed E-state index contributed by atoms with van der Waals surface area (Å²) in [6.07, 6.45) is 1.04. The molecule has 0 aliphatic heterocycles. The zero-order valence-electron chi connectivity index (χ0n) is 10.3. The molecule has 0 heterocycles. The van der Waals surface area contributed by atoms with Gasteiger partial charge in [-0.3, -0.25) is 0 Å². The molecule has 0 aromatic heterocycles. The molecule has 90 valence electrons. The predicted octanol–water partition coefficient (Wildman–Crippen LogP) is 1.87. The summed E-state index contributed by atoms with van der Waals surface area (Å²) < 4.78 is 5.59. The van der Waals surface area contributed by atoms with Crippen molar-refractivity contribution in [3.63, 3.8) is 0 Å². The highest BCUT2D eigenvalue weighted by Gasteiger charge is 2.05. The van der Waals surface area contributed by atoms with E-state index < -0.39 is 0 Å². The second kappa shape index (κ2) is 7.25. The van der Waals surface area contributed by atoms with Gasteiger partial charge in [0.05, 0.1) is 6.61 Å². The van der Waals surface area contributed by atoms with E-state index in [1.54, 1.807) is 0 Å². The number of para-hydroxylation sites is 1. The summed E-state index contributed by atoms with van der Waals surface area (Å²) in [5.74, 6) is 0.990. The molecule has 0 aliphatic rings. The minimum Gasteiger partial charge on any atom is -0.494 e. The second-order valence-electron chi connectivity index (χ2n) is 3.92. The molecule has 1 rings (SSSR count). The highest BCUT2D eigenvalue weighted by atomic mass is 16.5. The van der Waals surface area contributed by atoms with Crippen LogP contribution in [-0.4, -0.2) is 31.6 Å². The molecule has 2 N–H and O–H groups in total. The normalized spacial score (nSPS) is 10.8. The Kier molecular flexibility index (Phi) is 5.90. The van der Waals surface area contributed by atoms with E-state index in [0.717, 1.165) is 31.8 Å². The van der Waals surface area contributed by atoms with Crippen molar-refractivity contribution >= 4 is 0 Å². The van der Waals surface area contributed by atoms with Crippen molar-refractivity contribution in [2.45, 2.75) is 19.9 Å². The second-order valence-corrected chi connectivity index (χ2v) is 3.92. The molecular weight excluding hydrogens is 200 g/mol. The lowest BCUT2D eigenvalue weighted by Gasteiger charge is -2.18. The van der Waals surface area contributed by atoms with Crippen LogP contribution in [0.1, 0.15) is 18.9 Å². The van der Waals surface area contributed by atoms with Crippen LogP contribution in [0.5, 0.6) is 5.75 Å². The van der Waals surface area contributed by atoms with Gasteiger partial charge in [-0.2, -0.15) is 0 Å². The SMILES string of the molecule is CCOc1ccccc1CN(C)CCCN. The third-order valence-electron chi connectivity index (χ3n) is 2.46. The zero-order valence-corrected chi connectivity index (χ0v) is 10.3. The molecule has 0 amide bonds. The summed E-state index contributed by atoms with van der Waals surface area (Å²) in [5.41, 5.74) is 6.74. The van der Waals surface area contributed by atoms with Crippen LogP contribution in [0, 0.1) is 0 Å². The van der Waals surface area contributed by atoms with Gasteiger partial charge in [-0.05, 0) is 39.5 Å². The van der Waals surface area contributed by atoms with Crippen LogP contribution in [0.4, 0.5) is 0 Å². The molecule has 1 aromatic rings. The van der Waals surface area contributed by atoms with E-state index in [2.05, 4.69) is 24.1 Å². The molecule has 0 bridgehead atoms. The van der Waals surface area contributed by atoms with Gasteiger partial charge in [0.2, 0.25) is 0 Å². The average molecular weight is 222 g/mol. The third-order valence-corrected chi connectivity index (χ3v) is 2.46. The molecule has 1 aromatic carbocycles.